The van der Waals surface area contributed by atoms with Gasteiger partial charge in [-0.15, -0.1) is 11.6 Å². The molecule has 0 bridgehead atoms. The van der Waals surface area contributed by atoms with Gasteiger partial charge < -0.3 is 9.67 Å². The fourth-order valence-electron chi connectivity index (χ4n) is 1.69. The molecule has 0 spiro atoms. The van der Waals surface area contributed by atoms with Crippen LogP contribution in [0.5, 0.6) is 0 Å². The van der Waals surface area contributed by atoms with Crippen molar-refractivity contribution in [2.24, 2.45) is 0 Å². The number of aliphatic hydroxyl groups is 1. The van der Waals surface area contributed by atoms with Crippen LogP contribution in [0.25, 0.3) is 10.9 Å². The molecule has 16 heavy (non-hydrogen) atoms. The number of rotatable bonds is 3. The number of pyridine rings is 1. The molecular weight excluding hydrogens is 226 g/mol. The predicted molar refractivity (Wildman–Crippen MR) is 64.9 cm³/mol. The molecule has 4 heteroatoms. The Hall–Kier alpha value is -1.32. The van der Waals surface area contributed by atoms with Gasteiger partial charge in [0.1, 0.15) is 0 Å². The molecule has 0 saturated heterocycles. The van der Waals surface area contributed by atoms with Gasteiger partial charge in [0.25, 0.3) is 5.56 Å². The van der Waals surface area contributed by atoms with Crippen LogP contribution in [0, 0.1) is 0 Å². The first-order chi connectivity index (χ1) is 7.72. The molecule has 0 amide bonds. The smallest absolute Gasteiger partial charge is 0.251 e. The molecule has 1 aromatic carbocycles. The van der Waals surface area contributed by atoms with Crippen LogP contribution in [-0.4, -0.2) is 21.7 Å². The maximum atomic E-state index is 11.7. The Morgan fingerprint density at radius 1 is 1.25 bits per heavy atom. The number of benzene rings is 1. The van der Waals surface area contributed by atoms with E-state index in [0.717, 1.165) is 10.9 Å². The Kier molecular flexibility index (Phi) is 3.27. The van der Waals surface area contributed by atoms with Crippen molar-refractivity contribution < 1.29 is 5.11 Å². The summed E-state index contributed by atoms with van der Waals surface area (Å²) in [6, 6.07) is 10.8. The number of nitrogens with zero attached hydrogens (tertiary/aromatic N) is 1. The molecule has 1 N–H and O–H groups in total. The molecule has 0 aliphatic rings. The van der Waals surface area contributed by atoms with Crippen molar-refractivity contribution in [1.82, 2.24) is 4.57 Å². The lowest BCUT2D eigenvalue weighted by molar-refractivity contribution is 0.177. The van der Waals surface area contributed by atoms with E-state index in [-0.39, 0.29) is 18.0 Å². The van der Waals surface area contributed by atoms with Crippen LogP contribution in [0.4, 0.5) is 0 Å². The van der Waals surface area contributed by atoms with Crippen LogP contribution in [0.15, 0.2) is 41.2 Å². The Morgan fingerprint density at radius 2 is 2.00 bits per heavy atom. The highest BCUT2D eigenvalue weighted by atomic mass is 35.5. The average molecular weight is 238 g/mol. The minimum absolute atomic E-state index is 0.121. The molecular formula is C12H12ClNO2. The standard InChI is InChI=1S/C12H12ClNO2/c13-7-10(15)8-14-11-4-2-1-3-9(11)5-6-12(14)16/h1-6,10,15H,7-8H2. The highest BCUT2D eigenvalue weighted by Crippen LogP contribution is 2.11. The molecule has 1 heterocycles. The van der Waals surface area contributed by atoms with Gasteiger partial charge in [-0.3, -0.25) is 4.79 Å². The average Bonchev–Trinajstić information content (AvgIpc) is 2.32. The van der Waals surface area contributed by atoms with E-state index >= 15 is 0 Å². The van der Waals surface area contributed by atoms with Crippen LogP contribution in [0.3, 0.4) is 0 Å². The third-order valence-electron chi connectivity index (χ3n) is 2.47. The van der Waals surface area contributed by atoms with Gasteiger partial charge >= 0.3 is 0 Å². The summed E-state index contributed by atoms with van der Waals surface area (Å²) < 4.78 is 1.54. The first-order valence-electron chi connectivity index (χ1n) is 5.05. The van der Waals surface area contributed by atoms with Crippen LogP contribution >= 0.6 is 11.6 Å². The molecule has 2 aromatic rings. The summed E-state index contributed by atoms with van der Waals surface area (Å²) in [6.45, 7) is 0.226. The lowest BCUT2D eigenvalue weighted by Gasteiger charge is -2.12. The summed E-state index contributed by atoms with van der Waals surface area (Å²) in [4.78, 5) is 11.7. The topological polar surface area (TPSA) is 42.2 Å². The van der Waals surface area contributed by atoms with Gasteiger partial charge in [-0.1, -0.05) is 18.2 Å². The summed E-state index contributed by atoms with van der Waals surface area (Å²) in [5.41, 5.74) is 0.696. The van der Waals surface area contributed by atoms with E-state index in [4.69, 9.17) is 11.6 Å². The number of para-hydroxylation sites is 1. The highest BCUT2D eigenvalue weighted by molar-refractivity contribution is 6.18. The fraction of sp³-hybridized carbons (Fsp3) is 0.250. The van der Waals surface area contributed by atoms with Crippen molar-refractivity contribution in [2.45, 2.75) is 12.6 Å². The van der Waals surface area contributed by atoms with Gasteiger partial charge in [0.2, 0.25) is 0 Å². The largest absolute Gasteiger partial charge is 0.390 e. The lowest BCUT2D eigenvalue weighted by atomic mass is 10.2. The maximum absolute atomic E-state index is 11.7. The normalized spacial score (nSPS) is 12.9. The molecule has 0 aliphatic carbocycles. The van der Waals surface area contributed by atoms with Crippen molar-refractivity contribution >= 4 is 22.5 Å². The van der Waals surface area contributed by atoms with E-state index in [1.807, 2.05) is 24.3 Å². The molecule has 0 aliphatic heterocycles. The molecule has 1 unspecified atom stereocenters. The number of hydrogen-bond acceptors (Lipinski definition) is 2. The minimum Gasteiger partial charge on any atom is -0.390 e. The first-order valence-corrected chi connectivity index (χ1v) is 5.58. The van der Waals surface area contributed by atoms with Crippen LogP contribution in [-0.2, 0) is 6.54 Å². The molecule has 0 radical (unpaired) electrons. The van der Waals surface area contributed by atoms with E-state index in [1.165, 1.54) is 6.07 Å². The highest BCUT2D eigenvalue weighted by Gasteiger charge is 2.07. The number of fused-ring (bicyclic) bond motifs is 1. The van der Waals surface area contributed by atoms with Crippen molar-refractivity contribution in [2.75, 3.05) is 5.88 Å². The van der Waals surface area contributed by atoms with Crippen LogP contribution < -0.4 is 5.56 Å². The Labute approximate surface area is 97.9 Å². The molecule has 84 valence electrons. The zero-order valence-corrected chi connectivity index (χ0v) is 9.39. The summed E-state index contributed by atoms with van der Waals surface area (Å²) in [5.74, 6) is 0.121. The van der Waals surface area contributed by atoms with Crippen molar-refractivity contribution in [3.63, 3.8) is 0 Å². The van der Waals surface area contributed by atoms with Gasteiger partial charge in [0.05, 0.1) is 24.0 Å². The maximum Gasteiger partial charge on any atom is 0.251 e. The Bertz CT molecular complexity index is 550. The predicted octanol–water partition coefficient (Wildman–Crippen LogP) is 1.60. The van der Waals surface area contributed by atoms with E-state index in [2.05, 4.69) is 0 Å². The second-order valence-electron chi connectivity index (χ2n) is 3.65. The van der Waals surface area contributed by atoms with E-state index in [1.54, 1.807) is 10.6 Å². The zero-order chi connectivity index (χ0) is 11.5. The van der Waals surface area contributed by atoms with Crippen LogP contribution in [0.2, 0.25) is 0 Å². The molecule has 0 saturated carbocycles. The number of aromatic nitrogens is 1. The third kappa shape index (κ3) is 2.10. The van der Waals surface area contributed by atoms with Crippen molar-refractivity contribution in [3.8, 4) is 0 Å². The molecule has 0 fully saturated rings. The SMILES string of the molecule is O=c1ccc2ccccc2n1CC(O)CCl. The fourth-order valence-corrected chi connectivity index (χ4v) is 1.79. The van der Waals surface area contributed by atoms with Gasteiger partial charge in [0.15, 0.2) is 0 Å². The van der Waals surface area contributed by atoms with Gasteiger partial charge in [-0.25, -0.2) is 0 Å². The zero-order valence-electron chi connectivity index (χ0n) is 8.64. The molecule has 3 nitrogen and oxygen atoms in total. The van der Waals surface area contributed by atoms with E-state index < -0.39 is 6.10 Å². The second kappa shape index (κ2) is 4.68. The van der Waals surface area contributed by atoms with Crippen molar-refractivity contribution in [3.05, 3.63) is 46.8 Å². The molecule has 1 atom stereocenters. The van der Waals surface area contributed by atoms with Crippen LogP contribution in [0.1, 0.15) is 0 Å². The van der Waals surface area contributed by atoms with Gasteiger partial charge in [-0.2, -0.15) is 0 Å². The molecule has 1 aromatic heterocycles. The van der Waals surface area contributed by atoms with Crippen molar-refractivity contribution in [1.29, 1.82) is 0 Å². The lowest BCUT2D eigenvalue weighted by Crippen LogP contribution is -2.27. The number of halogens is 1. The monoisotopic (exact) mass is 237 g/mol. The third-order valence-corrected chi connectivity index (χ3v) is 2.83. The summed E-state index contributed by atoms with van der Waals surface area (Å²) >= 11 is 5.54. The van der Waals surface area contributed by atoms with E-state index in [9.17, 15) is 9.90 Å². The quantitative estimate of drug-likeness (QED) is 0.824. The van der Waals surface area contributed by atoms with E-state index in [0.29, 0.717) is 0 Å². The second-order valence-corrected chi connectivity index (χ2v) is 3.96. The Morgan fingerprint density at radius 3 is 2.75 bits per heavy atom. The van der Waals surface area contributed by atoms with Gasteiger partial charge in [-0.05, 0) is 17.5 Å². The number of hydrogen-bond donors (Lipinski definition) is 1. The van der Waals surface area contributed by atoms with Gasteiger partial charge in [0, 0.05) is 6.07 Å². The minimum atomic E-state index is -0.704. The molecule has 2 rings (SSSR count). The summed E-state index contributed by atoms with van der Waals surface area (Å²) in [7, 11) is 0. The number of alkyl halides is 1. The summed E-state index contributed by atoms with van der Waals surface area (Å²) in [6.07, 6.45) is -0.704. The summed E-state index contributed by atoms with van der Waals surface area (Å²) in [5, 5.41) is 10.5. The first kappa shape index (κ1) is 11.2. The number of aliphatic hydroxyl groups excluding tert-OH is 1. The Balaban J connectivity index is 2.57.